The minimum atomic E-state index is -0.265. The van der Waals surface area contributed by atoms with Crippen LogP contribution in [-0.2, 0) is 0 Å². The first-order chi connectivity index (χ1) is 5.99. The van der Waals surface area contributed by atoms with Gasteiger partial charge in [0, 0.05) is 0 Å². The molecule has 0 unspecified atom stereocenters. The van der Waals surface area contributed by atoms with Gasteiger partial charge in [-0.25, -0.2) is 0 Å². The van der Waals surface area contributed by atoms with Crippen LogP contribution in [0.2, 0.25) is 0 Å². The van der Waals surface area contributed by atoms with Crippen LogP contribution >= 0.6 is 0 Å². The van der Waals surface area contributed by atoms with Gasteiger partial charge in [-0.2, -0.15) is 0 Å². The first-order valence-corrected chi connectivity index (χ1v) is 4.56. The van der Waals surface area contributed by atoms with E-state index in [9.17, 15) is 0 Å². The van der Waals surface area contributed by atoms with Gasteiger partial charge in [0.25, 0.3) is 0 Å². The van der Waals surface area contributed by atoms with E-state index in [0.29, 0.717) is 0 Å². The lowest BCUT2D eigenvalue weighted by atomic mass is 10.1. The predicted octanol–water partition coefficient (Wildman–Crippen LogP) is 1.29. The zero-order valence-electron chi connectivity index (χ0n) is 8.55. The highest BCUT2D eigenvalue weighted by Gasteiger charge is 2.19. The molecule has 13 heavy (non-hydrogen) atoms. The average molecular weight is 174 g/mol. The zero-order valence-corrected chi connectivity index (χ0v) is 8.55. The molecule has 0 saturated carbocycles. The molecule has 2 nitrogen and oxygen atoms in total. The molecule has 0 spiro atoms. The summed E-state index contributed by atoms with van der Waals surface area (Å²) in [5.41, 5.74) is 2.17. The van der Waals surface area contributed by atoms with Crippen LogP contribution in [0.5, 0.6) is 0 Å². The van der Waals surface area contributed by atoms with Crippen molar-refractivity contribution in [2.24, 2.45) is 9.98 Å². The van der Waals surface area contributed by atoms with E-state index in [0.717, 1.165) is 10.7 Å². The lowest BCUT2D eigenvalue weighted by Crippen LogP contribution is -2.26. The topological polar surface area (TPSA) is 24.7 Å². The Balaban J connectivity index is 2.91. The molecule has 0 atom stereocenters. The van der Waals surface area contributed by atoms with E-state index in [1.807, 2.05) is 13.8 Å². The smallest absolute Gasteiger partial charge is 0.146 e. The summed E-state index contributed by atoms with van der Waals surface area (Å²) in [7, 11) is 0. The third kappa shape index (κ3) is 1.26. The second-order valence-corrected chi connectivity index (χ2v) is 4.11. The van der Waals surface area contributed by atoms with E-state index >= 15 is 0 Å². The standard InChI is InChI=1S/C11H14N2/c1-7-5-6-8(2)10-9(7)12-11(3,4)13-10/h5-6H,1-4H3. The van der Waals surface area contributed by atoms with Gasteiger partial charge in [0.1, 0.15) is 5.66 Å². The van der Waals surface area contributed by atoms with E-state index in [1.54, 1.807) is 0 Å². The molecule has 1 aromatic rings. The lowest BCUT2D eigenvalue weighted by Gasteiger charge is -2.07. The number of hydrogen-bond acceptors (Lipinski definition) is 2. The van der Waals surface area contributed by atoms with Gasteiger partial charge in [0.2, 0.25) is 0 Å². The number of hydrogen-bond donors (Lipinski definition) is 0. The molecule has 2 rings (SSSR count). The van der Waals surface area contributed by atoms with Crippen LogP contribution in [-0.4, -0.2) is 5.66 Å². The Labute approximate surface area is 78.0 Å². The molecule has 0 fully saturated rings. The van der Waals surface area contributed by atoms with E-state index in [-0.39, 0.29) is 5.66 Å². The molecule has 0 aliphatic carbocycles. The van der Waals surface area contributed by atoms with Crippen molar-refractivity contribution in [2.75, 3.05) is 0 Å². The average Bonchev–Trinajstić information content (AvgIpc) is 2.35. The molecule has 0 amide bonds. The van der Waals surface area contributed by atoms with Gasteiger partial charge in [0.15, 0.2) is 0 Å². The summed E-state index contributed by atoms with van der Waals surface area (Å²) in [6.45, 7) is 8.23. The van der Waals surface area contributed by atoms with Crippen LogP contribution in [0.3, 0.4) is 0 Å². The van der Waals surface area contributed by atoms with Gasteiger partial charge in [-0.1, -0.05) is 12.1 Å². The largest absolute Gasteiger partial charge is 0.254 e. The van der Waals surface area contributed by atoms with E-state index in [2.05, 4.69) is 36.0 Å². The summed E-state index contributed by atoms with van der Waals surface area (Å²) in [6.07, 6.45) is 0. The second kappa shape index (κ2) is 2.41. The lowest BCUT2D eigenvalue weighted by molar-refractivity contribution is 0.548. The van der Waals surface area contributed by atoms with Crippen molar-refractivity contribution in [1.82, 2.24) is 0 Å². The highest BCUT2D eigenvalue weighted by atomic mass is 15.1. The van der Waals surface area contributed by atoms with Crippen LogP contribution in [0.25, 0.3) is 0 Å². The van der Waals surface area contributed by atoms with Crippen LogP contribution in [0.1, 0.15) is 25.0 Å². The maximum absolute atomic E-state index is 4.58. The van der Waals surface area contributed by atoms with E-state index in [1.165, 1.54) is 11.1 Å². The highest BCUT2D eigenvalue weighted by Crippen LogP contribution is 2.11. The first-order valence-electron chi connectivity index (χ1n) is 4.56. The Morgan fingerprint density at radius 2 is 1.31 bits per heavy atom. The molecule has 1 aliphatic heterocycles. The minimum Gasteiger partial charge on any atom is -0.254 e. The fourth-order valence-corrected chi connectivity index (χ4v) is 1.64. The third-order valence-corrected chi connectivity index (χ3v) is 2.33. The molecule has 0 bridgehead atoms. The van der Waals surface area contributed by atoms with Gasteiger partial charge >= 0.3 is 0 Å². The van der Waals surface area contributed by atoms with Crippen molar-refractivity contribution in [3.05, 3.63) is 34.0 Å². The normalized spacial score (nSPS) is 17.5. The summed E-state index contributed by atoms with van der Waals surface area (Å²) in [5, 5.41) is 2.15. The molecule has 1 aromatic carbocycles. The van der Waals surface area contributed by atoms with Crippen molar-refractivity contribution in [3.63, 3.8) is 0 Å². The molecular weight excluding hydrogens is 160 g/mol. The van der Waals surface area contributed by atoms with Crippen molar-refractivity contribution < 1.29 is 0 Å². The predicted molar refractivity (Wildman–Crippen MR) is 52.3 cm³/mol. The fourth-order valence-electron chi connectivity index (χ4n) is 1.64. The minimum absolute atomic E-state index is 0.265. The SMILES string of the molecule is Cc1ccc(C)c2c1=NC(C)(C)N=2. The Hall–Kier alpha value is -1.18. The Kier molecular flexibility index (Phi) is 1.56. The zero-order chi connectivity index (χ0) is 9.64. The first kappa shape index (κ1) is 8.42. The van der Waals surface area contributed by atoms with E-state index in [4.69, 9.17) is 0 Å². The molecule has 68 valence electrons. The molecule has 2 heteroatoms. The van der Waals surface area contributed by atoms with Crippen molar-refractivity contribution in [2.45, 2.75) is 33.4 Å². The highest BCUT2D eigenvalue weighted by molar-refractivity contribution is 5.22. The van der Waals surface area contributed by atoms with Gasteiger partial charge in [-0.05, 0) is 38.8 Å². The Morgan fingerprint density at radius 1 is 0.923 bits per heavy atom. The molecule has 0 aromatic heterocycles. The third-order valence-electron chi connectivity index (χ3n) is 2.33. The summed E-state index contributed by atoms with van der Waals surface area (Å²) in [4.78, 5) is 9.16. The maximum Gasteiger partial charge on any atom is 0.146 e. The number of benzene rings is 1. The van der Waals surface area contributed by atoms with Gasteiger partial charge < -0.3 is 0 Å². The van der Waals surface area contributed by atoms with Crippen molar-refractivity contribution in [1.29, 1.82) is 0 Å². The van der Waals surface area contributed by atoms with Gasteiger partial charge in [0.05, 0.1) is 10.7 Å². The summed E-state index contributed by atoms with van der Waals surface area (Å²) >= 11 is 0. The van der Waals surface area contributed by atoms with Crippen molar-refractivity contribution in [3.8, 4) is 0 Å². The van der Waals surface area contributed by atoms with Gasteiger partial charge in [-0.3, -0.25) is 9.98 Å². The fraction of sp³-hybridized carbons (Fsp3) is 0.455. The molecule has 1 heterocycles. The number of fused-ring (bicyclic) bond motifs is 1. The summed E-state index contributed by atoms with van der Waals surface area (Å²) in [6, 6.07) is 4.21. The Bertz CT molecular complexity index is 427. The van der Waals surface area contributed by atoms with Crippen LogP contribution < -0.4 is 10.7 Å². The molecule has 0 saturated heterocycles. The van der Waals surface area contributed by atoms with Crippen molar-refractivity contribution >= 4 is 0 Å². The second-order valence-electron chi connectivity index (χ2n) is 4.11. The number of rotatable bonds is 0. The summed E-state index contributed by atoms with van der Waals surface area (Å²) in [5.74, 6) is 0. The molecular formula is C11H14N2. The number of nitrogens with zero attached hydrogens (tertiary/aromatic N) is 2. The maximum atomic E-state index is 4.58. The Morgan fingerprint density at radius 3 is 1.69 bits per heavy atom. The molecule has 0 radical (unpaired) electrons. The summed E-state index contributed by atoms with van der Waals surface area (Å²) < 4.78 is 0. The van der Waals surface area contributed by atoms with Gasteiger partial charge in [-0.15, -0.1) is 0 Å². The molecule has 0 N–H and O–H groups in total. The monoisotopic (exact) mass is 174 g/mol. The molecule has 1 aliphatic rings. The quantitative estimate of drug-likeness (QED) is 0.566. The van der Waals surface area contributed by atoms with Crippen LogP contribution in [0, 0.1) is 13.8 Å². The van der Waals surface area contributed by atoms with E-state index < -0.39 is 0 Å². The number of aryl methyl sites for hydroxylation is 2. The van der Waals surface area contributed by atoms with Crippen LogP contribution in [0.15, 0.2) is 22.1 Å². The van der Waals surface area contributed by atoms with Crippen LogP contribution in [0.4, 0.5) is 0 Å².